The molecule has 7 heteroatoms. The Balaban J connectivity index is 1.72. The van der Waals surface area contributed by atoms with Crippen molar-refractivity contribution in [2.45, 2.75) is 18.5 Å². The molecule has 1 saturated heterocycles. The molecule has 2 atom stereocenters. The van der Waals surface area contributed by atoms with Gasteiger partial charge in [-0.1, -0.05) is 24.2 Å². The number of amides is 2. The topological polar surface area (TPSA) is 74.9 Å². The summed E-state index contributed by atoms with van der Waals surface area (Å²) in [5.74, 6) is -2.21. The number of rotatable bonds is 1. The molecule has 0 bridgehead atoms. The molecule has 0 aliphatic carbocycles. The van der Waals surface area contributed by atoms with Gasteiger partial charge in [-0.3, -0.25) is 9.59 Å². The van der Waals surface area contributed by atoms with E-state index in [0.29, 0.717) is 27.1 Å². The predicted molar refractivity (Wildman–Crippen MR) is 105 cm³/mol. The number of piperazine rings is 1. The number of benzene rings is 2. The number of likely N-dealkylation sites (N-methyl/N-ethyl adjacent to an activating group) is 1. The quantitative estimate of drug-likeness (QED) is 0.686. The van der Waals surface area contributed by atoms with E-state index in [-0.39, 0.29) is 42.4 Å². The number of nitrogens with zero attached hydrogens (tertiary/aromatic N) is 2. The van der Waals surface area contributed by atoms with Gasteiger partial charge in [0.25, 0.3) is 0 Å². The molecule has 2 aromatic carbocycles. The number of aromatic amines is 1. The number of hydrogen-bond donors (Lipinski definition) is 1. The Bertz CT molecular complexity index is 1470. The Morgan fingerprint density at radius 3 is 2.97 bits per heavy atom. The maximum atomic E-state index is 13.6. The second kappa shape index (κ2) is 5.76. The molecule has 7 nitrogen and oxygen atoms in total. The summed E-state index contributed by atoms with van der Waals surface area (Å²) in [7, 11) is 1.14. The summed E-state index contributed by atoms with van der Waals surface area (Å²) in [6, 6.07) is 2.43. The van der Waals surface area contributed by atoms with Gasteiger partial charge in [0.15, 0.2) is 11.5 Å². The lowest BCUT2D eigenvalue weighted by atomic mass is 9.86. The zero-order valence-corrected chi connectivity index (χ0v) is 15.3. The van der Waals surface area contributed by atoms with E-state index in [2.05, 4.69) is 4.98 Å². The van der Waals surface area contributed by atoms with Crippen LogP contribution in [0.2, 0.25) is 0 Å². The fourth-order valence-corrected chi connectivity index (χ4v) is 4.19. The normalized spacial score (nSPS) is 30.0. The first-order valence-electron chi connectivity index (χ1n) is 12.1. The van der Waals surface area contributed by atoms with Crippen molar-refractivity contribution in [3.8, 4) is 11.5 Å². The second-order valence-corrected chi connectivity index (χ2v) is 7.09. The molecule has 1 fully saturated rings. The van der Waals surface area contributed by atoms with Crippen LogP contribution >= 0.6 is 0 Å². The monoisotopic (exact) mass is 395 g/mol. The first kappa shape index (κ1) is 11.5. The Kier molecular flexibility index (Phi) is 2.29. The molecule has 1 unspecified atom stereocenters. The van der Waals surface area contributed by atoms with Crippen LogP contribution in [0.25, 0.3) is 10.9 Å². The van der Waals surface area contributed by atoms with Gasteiger partial charge >= 0.3 is 0 Å². The van der Waals surface area contributed by atoms with Crippen LogP contribution in [-0.2, 0) is 16.0 Å². The summed E-state index contributed by atoms with van der Waals surface area (Å²) in [5, 5.41) is 0.708. The zero-order valence-electron chi connectivity index (χ0n) is 21.3. The number of hydrogen-bond acceptors (Lipinski definition) is 4. The van der Waals surface area contributed by atoms with Crippen molar-refractivity contribution in [1.29, 1.82) is 0 Å². The van der Waals surface area contributed by atoms with Crippen molar-refractivity contribution in [2.24, 2.45) is 0 Å². The highest BCUT2D eigenvalue weighted by molar-refractivity contribution is 5.97. The van der Waals surface area contributed by atoms with Crippen LogP contribution in [0.5, 0.6) is 11.5 Å². The van der Waals surface area contributed by atoms with Crippen molar-refractivity contribution < 1.29 is 27.3 Å². The van der Waals surface area contributed by atoms with Crippen LogP contribution < -0.4 is 9.47 Å². The fraction of sp³-hybridized carbons (Fsp3) is 0.273. The Morgan fingerprint density at radius 2 is 2.07 bits per heavy atom. The molecule has 3 aliphatic heterocycles. The number of para-hydroxylation sites is 1. The summed E-state index contributed by atoms with van der Waals surface area (Å²) in [6.45, 7) is -3.00. The van der Waals surface area contributed by atoms with Gasteiger partial charge in [0.05, 0.1) is 20.8 Å². The van der Waals surface area contributed by atoms with Gasteiger partial charge in [0.1, 0.15) is 6.02 Å². The lowest BCUT2D eigenvalue weighted by molar-refractivity contribution is -0.157. The fourth-order valence-electron chi connectivity index (χ4n) is 4.19. The molecule has 3 aliphatic rings. The molecule has 0 radical (unpaired) electrons. The minimum atomic E-state index is -2.76. The van der Waals surface area contributed by atoms with Crippen LogP contribution in [-0.4, -0.2) is 53.0 Å². The molecule has 2 amide bonds. The lowest BCUT2D eigenvalue weighted by Gasteiger charge is -2.46. The first-order chi connectivity index (χ1) is 16.5. The van der Waals surface area contributed by atoms with Crippen LogP contribution in [0.3, 0.4) is 0 Å². The third-order valence-electron chi connectivity index (χ3n) is 5.49. The molecule has 0 spiro atoms. The van der Waals surface area contributed by atoms with E-state index < -0.39 is 36.4 Å². The van der Waals surface area contributed by atoms with Crippen molar-refractivity contribution in [3.63, 3.8) is 0 Å². The van der Waals surface area contributed by atoms with E-state index in [1.54, 1.807) is 24.3 Å². The van der Waals surface area contributed by atoms with Gasteiger partial charge in [-0.25, -0.2) is 0 Å². The number of ether oxygens (including phenoxy) is 2. The van der Waals surface area contributed by atoms with Crippen LogP contribution in [0.4, 0.5) is 0 Å². The number of carbonyl (C=O) groups is 2. The van der Waals surface area contributed by atoms with Gasteiger partial charge in [0.2, 0.25) is 18.6 Å². The summed E-state index contributed by atoms with van der Waals surface area (Å²) in [5.41, 5.74) is 1.42. The molecular formula is C22H19N3O4. The average Bonchev–Trinajstić information content (AvgIpc) is 3.46. The van der Waals surface area contributed by atoms with Gasteiger partial charge in [-0.05, 0) is 29.3 Å². The number of nitrogens with one attached hydrogen (secondary N) is 1. The number of fused-ring (bicyclic) bond motifs is 5. The highest BCUT2D eigenvalue weighted by Gasteiger charge is 2.47. The third kappa shape index (κ3) is 2.24. The zero-order chi connectivity index (χ0) is 25.0. The van der Waals surface area contributed by atoms with E-state index in [4.69, 9.17) is 16.3 Å². The van der Waals surface area contributed by atoms with Gasteiger partial charge < -0.3 is 24.3 Å². The van der Waals surface area contributed by atoms with E-state index in [0.717, 1.165) is 11.9 Å². The lowest BCUT2D eigenvalue weighted by Crippen LogP contribution is -2.62. The summed E-state index contributed by atoms with van der Waals surface area (Å²) in [6.07, 6.45) is -0.215. The first-order valence-corrected chi connectivity index (χ1v) is 9.11. The Hall–Kier alpha value is -3.48. The highest BCUT2D eigenvalue weighted by atomic mass is 16.7. The minimum Gasteiger partial charge on any atom is -0.454 e. The van der Waals surface area contributed by atoms with Crippen molar-refractivity contribution in [3.05, 3.63) is 59.2 Å². The molecule has 4 heterocycles. The van der Waals surface area contributed by atoms with Gasteiger partial charge in [0, 0.05) is 30.1 Å². The van der Waals surface area contributed by atoms with Crippen LogP contribution in [0.1, 0.15) is 31.1 Å². The van der Waals surface area contributed by atoms with E-state index >= 15 is 0 Å². The van der Waals surface area contributed by atoms with Gasteiger partial charge in [-0.2, -0.15) is 0 Å². The smallest absolute Gasteiger partial charge is 0.245 e. The Labute approximate surface area is 175 Å². The van der Waals surface area contributed by atoms with E-state index in [9.17, 15) is 11.0 Å². The Morgan fingerprint density at radius 1 is 1.24 bits per heavy atom. The number of carbonyl (C=O) groups excluding carboxylic acids is 2. The summed E-state index contributed by atoms with van der Waals surface area (Å²) in [4.78, 5) is 31.7. The summed E-state index contributed by atoms with van der Waals surface area (Å²) >= 11 is 0. The number of H-pyrrole nitrogens is 1. The molecule has 1 aromatic heterocycles. The minimum absolute atomic E-state index is 0.0651. The van der Waals surface area contributed by atoms with E-state index in [1.165, 1.54) is 0 Å². The maximum Gasteiger partial charge on any atom is 0.245 e. The average molecular weight is 395 g/mol. The van der Waals surface area contributed by atoms with Crippen LogP contribution in [0.15, 0.2) is 42.4 Å². The predicted octanol–water partition coefficient (Wildman–Crippen LogP) is 2.21. The van der Waals surface area contributed by atoms with Crippen molar-refractivity contribution >= 4 is 22.7 Å². The SMILES string of the molecule is [2H]c1c([2H])c(C2c3[nH]c4ccccc4c3C[C@]3([2H])C(=O)N(C)C([2H])([2H])C(=O)N23)c([2H])c2c1OCO2. The molecule has 0 saturated carbocycles. The molecule has 29 heavy (non-hydrogen) atoms. The van der Waals surface area contributed by atoms with Gasteiger partial charge in [-0.15, -0.1) is 0 Å². The molecule has 6 rings (SSSR count). The molecule has 1 N–H and O–H groups in total. The largest absolute Gasteiger partial charge is 0.454 e. The standard InChI is InChI=1S/C22H19N3O4/c1-24-10-19(26)25-16(22(24)27)9-14-13-4-2-3-5-15(13)23-20(14)21(25)12-6-7-17-18(8-12)29-11-28-17/h2-8,16,21,23H,9-11H2,1H3/t16-,21?/m1/s1/i6D,7D,8D,10D2,16D. The molecule has 3 aromatic rings. The van der Waals surface area contributed by atoms with Crippen LogP contribution in [0, 0.1) is 0 Å². The highest BCUT2D eigenvalue weighted by Crippen LogP contribution is 2.44. The summed E-state index contributed by atoms with van der Waals surface area (Å²) < 4.78 is 62.4. The maximum absolute atomic E-state index is 13.6. The second-order valence-electron chi connectivity index (χ2n) is 7.09. The third-order valence-corrected chi connectivity index (χ3v) is 5.49. The molecule has 146 valence electrons. The van der Waals surface area contributed by atoms with E-state index in [1.807, 2.05) is 0 Å². The molecular weight excluding hydrogens is 370 g/mol. The number of aromatic nitrogens is 1. The van der Waals surface area contributed by atoms with Crippen molar-refractivity contribution in [2.75, 3.05) is 20.3 Å². The van der Waals surface area contributed by atoms with Crippen molar-refractivity contribution in [1.82, 2.24) is 14.8 Å².